The smallest absolute Gasteiger partial charge is 0.347 e. The lowest BCUT2D eigenvalue weighted by atomic mass is 9.96. The molecule has 0 radical (unpaired) electrons. The minimum Gasteiger partial charge on any atom is -0.493 e. The molecule has 1 aliphatic heterocycles. The first-order chi connectivity index (χ1) is 18.0. The maximum absolute atomic E-state index is 12.8. The van der Waals surface area contributed by atoms with Gasteiger partial charge in [0.1, 0.15) is 11.1 Å². The van der Waals surface area contributed by atoms with Crippen LogP contribution in [0.4, 0.5) is 11.6 Å². The van der Waals surface area contributed by atoms with Crippen molar-refractivity contribution in [3.8, 4) is 22.8 Å². The van der Waals surface area contributed by atoms with Gasteiger partial charge < -0.3 is 29.3 Å². The van der Waals surface area contributed by atoms with E-state index in [1.165, 1.54) is 6.92 Å². The number of nitrogens with one attached hydrogen (secondary N) is 2. The van der Waals surface area contributed by atoms with E-state index in [1.807, 2.05) is 24.3 Å². The van der Waals surface area contributed by atoms with E-state index in [2.05, 4.69) is 20.6 Å². The van der Waals surface area contributed by atoms with Crippen LogP contribution in [0.2, 0.25) is 0 Å². The maximum atomic E-state index is 12.8. The van der Waals surface area contributed by atoms with Crippen LogP contribution in [0.15, 0.2) is 57.9 Å². The zero-order chi connectivity index (χ0) is 25.9. The molecule has 0 bridgehead atoms. The quantitative estimate of drug-likeness (QED) is 0.284. The molecule has 2 aromatic carbocycles. The highest BCUT2D eigenvalue weighted by atomic mass is 16.5. The molecule has 5 rings (SSSR count). The van der Waals surface area contributed by atoms with Crippen molar-refractivity contribution >= 4 is 28.4 Å². The second kappa shape index (κ2) is 10.4. The van der Waals surface area contributed by atoms with Gasteiger partial charge in [0.25, 0.3) is 0 Å². The van der Waals surface area contributed by atoms with Crippen LogP contribution in [-0.2, 0) is 4.74 Å². The highest BCUT2D eigenvalue weighted by Gasteiger charge is 2.27. The molecule has 0 amide bonds. The number of para-hydroxylation sites is 1. The number of carbonyl (C=O) groups excluding carboxylic acids is 1. The van der Waals surface area contributed by atoms with Crippen LogP contribution in [0.5, 0.6) is 11.5 Å². The second-order valence-electron chi connectivity index (χ2n) is 8.44. The molecule has 0 saturated carbocycles. The lowest BCUT2D eigenvalue weighted by Crippen LogP contribution is -2.35. The van der Waals surface area contributed by atoms with E-state index in [4.69, 9.17) is 18.6 Å². The average Bonchev–Trinajstić information content (AvgIpc) is 2.92. The van der Waals surface area contributed by atoms with Gasteiger partial charge in [0.15, 0.2) is 17.3 Å². The third-order valence-corrected chi connectivity index (χ3v) is 6.14. The Hall–Kier alpha value is -4.28. The van der Waals surface area contributed by atoms with E-state index in [9.17, 15) is 9.59 Å². The summed E-state index contributed by atoms with van der Waals surface area (Å²) >= 11 is 0. The van der Waals surface area contributed by atoms with Gasteiger partial charge in [-0.25, -0.2) is 14.8 Å². The number of hydrogen-bond acceptors (Lipinski definition) is 10. The fraction of sp³-hybridized carbons (Fsp3) is 0.259. The molecule has 37 heavy (non-hydrogen) atoms. The number of morpholine rings is 1. The average molecular weight is 503 g/mol. The van der Waals surface area contributed by atoms with E-state index in [-0.39, 0.29) is 11.3 Å². The molecule has 2 N–H and O–H groups in total. The van der Waals surface area contributed by atoms with Crippen LogP contribution in [0.1, 0.15) is 28.9 Å². The summed E-state index contributed by atoms with van der Waals surface area (Å²) in [6.45, 7) is 3.04. The molecular formula is C27H26N4O6. The Kier molecular flexibility index (Phi) is 6.85. The van der Waals surface area contributed by atoms with Crippen LogP contribution in [-0.4, -0.2) is 49.7 Å². The molecule has 4 aromatic rings. The molecule has 10 heteroatoms. The minimum absolute atomic E-state index is 0.0187. The van der Waals surface area contributed by atoms with Crippen molar-refractivity contribution in [2.45, 2.75) is 13.0 Å². The lowest BCUT2D eigenvalue weighted by Gasteiger charge is -2.26. The molecule has 2 aromatic heterocycles. The van der Waals surface area contributed by atoms with Crippen molar-refractivity contribution in [1.82, 2.24) is 15.3 Å². The topological polar surface area (TPSA) is 125 Å². The van der Waals surface area contributed by atoms with Gasteiger partial charge in [-0.3, -0.25) is 4.79 Å². The molecule has 190 valence electrons. The number of aromatic nitrogens is 2. The molecule has 1 fully saturated rings. The van der Waals surface area contributed by atoms with Crippen LogP contribution < -0.4 is 25.7 Å². The van der Waals surface area contributed by atoms with Crippen molar-refractivity contribution in [3.63, 3.8) is 0 Å². The van der Waals surface area contributed by atoms with Gasteiger partial charge in [0.05, 0.1) is 32.6 Å². The third kappa shape index (κ3) is 4.76. The molecule has 1 aliphatic rings. The van der Waals surface area contributed by atoms with E-state index in [1.54, 1.807) is 38.6 Å². The van der Waals surface area contributed by atoms with Gasteiger partial charge in [0.2, 0.25) is 5.95 Å². The highest BCUT2D eigenvalue weighted by molar-refractivity contribution is 6.00. The largest absolute Gasteiger partial charge is 0.493 e. The number of fused-ring (bicyclic) bond motifs is 1. The number of nitrogens with zero attached hydrogens (tertiary/aromatic N) is 2. The van der Waals surface area contributed by atoms with Gasteiger partial charge in [-0.1, -0.05) is 6.07 Å². The fourth-order valence-electron chi connectivity index (χ4n) is 4.51. The van der Waals surface area contributed by atoms with Crippen molar-refractivity contribution in [2.24, 2.45) is 0 Å². The Balaban J connectivity index is 1.52. The number of methoxy groups -OCH3 is 2. The molecule has 0 spiro atoms. The van der Waals surface area contributed by atoms with Crippen LogP contribution in [0, 0.1) is 0 Å². The van der Waals surface area contributed by atoms with E-state index >= 15 is 0 Å². The summed E-state index contributed by atoms with van der Waals surface area (Å²) in [4.78, 5) is 34.1. The Morgan fingerprint density at radius 3 is 2.76 bits per heavy atom. The number of hydrogen-bond donors (Lipinski definition) is 2. The maximum Gasteiger partial charge on any atom is 0.347 e. The Labute approximate surface area is 212 Å². The molecule has 1 saturated heterocycles. The van der Waals surface area contributed by atoms with Gasteiger partial charge in [0, 0.05) is 47.6 Å². The molecule has 1 unspecified atom stereocenters. The minimum atomic E-state index is -0.690. The Bertz CT molecular complexity index is 1530. The fourth-order valence-corrected chi connectivity index (χ4v) is 4.51. The molecule has 1 atom stereocenters. The summed E-state index contributed by atoms with van der Waals surface area (Å²) in [7, 11) is 3.15. The standard InChI is InChI=1S/C27H26N4O6/c1-15(32)23-24(22-14-28-11-12-36-22)18-8-7-16(13-21(18)37-26(23)33)30-27-29-10-9-19(31-27)17-5-4-6-20(34-2)25(17)35-3/h4-10,13,22,28H,11-12,14H2,1-3H3,(H,29,30,31). The Morgan fingerprint density at radius 1 is 1.16 bits per heavy atom. The molecule has 0 aliphatic carbocycles. The van der Waals surface area contributed by atoms with Gasteiger partial charge in [-0.15, -0.1) is 0 Å². The second-order valence-corrected chi connectivity index (χ2v) is 8.44. The van der Waals surface area contributed by atoms with Crippen molar-refractivity contribution in [2.75, 3.05) is 39.2 Å². The predicted octanol–water partition coefficient (Wildman–Crippen LogP) is 3.87. The van der Waals surface area contributed by atoms with Gasteiger partial charge >= 0.3 is 5.63 Å². The summed E-state index contributed by atoms with van der Waals surface area (Å²) in [5.74, 6) is 1.13. The van der Waals surface area contributed by atoms with Crippen LogP contribution in [0.3, 0.4) is 0 Å². The number of ketones is 1. The number of benzene rings is 2. The van der Waals surface area contributed by atoms with Crippen LogP contribution >= 0.6 is 0 Å². The number of Topliss-reactive ketones (excluding diaryl/α,β-unsaturated/α-hetero) is 1. The zero-order valence-electron chi connectivity index (χ0n) is 20.7. The zero-order valence-corrected chi connectivity index (χ0v) is 20.7. The van der Waals surface area contributed by atoms with Gasteiger partial charge in [-0.05, 0) is 37.3 Å². The number of carbonyl (C=O) groups is 1. The first kappa shape index (κ1) is 24.4. The van der Waals surface area contributed by atoms with Crippen molar-refractivity contribution < 1.29 is 23.4 Å². The first-order valence-electron chi connectivity index (χ1n) is 11.8. The highest BCUT2D eigenvalue weighted by Crippen LogP contribution is 2.37. The monoisotopic (exact) mass is 502 g/mol. The third-order valence-electron chi connectivity index (χ3n) is 6.14. The van der Waals surface area contributed by atoms with Crippen molar-refractivity contribution in [1.29, 1.82) is 0 Å². The molecule has 3 heterocycles. The summed E-state index contributed by atoms with van der Waals surface area (Å²) in [6.07, 6.45) is 1.20. The van der Waals surface area contributed by atoms with E-state index < -0.39 is 11.7 Å². The number of rotatable bonds is 7. The van der Waals surface area contributed by atoms with Gasteiger partial charge in [-0.2, -0.15) is 0 Å². The normalized spacial score (nSPS) is 15.4. The van der Waals surface area contributed by atoms with Crippen LogP contribution in [0.25, 0.3) is 22.2 Å². The summed E-state index contributed by atoms with van der Waals surface area (Å²) < 4.78 is 22.4. The summed E-state index contributed by atoms with van der Waals surface area (Å²) in [5.41, 5.74) is 2.19. The van der Waals surface area contributed by atoms with E-state index in [0.717, 1.165) is 5.56 Å². The lowest BCUT2D eigenvalue weighted by molar-refractivity contribution is 0.0277. The molecule has 10 nitrogen and oxygen atoms in total. The van der Waals surface area contributed by atoms with Crippen molar-refractivity contribution in [3.05, 3.63) is 70.2 Å². The predicted molar refractivity (Wildman–Crippen MR) is 138 cm³/mol. The Morgan fingerprint density at radius 2 is 2.03 bits per heavy atom. The SMILES string of the molecule is COc1cccc(-c2ccnc(Nc3ccc4c(C5CNCCO5)c(C(C)=O)c(=O)oc4c3)n2)c1OC. The number of ether oxygens (including phenoxy) is 3. The van der Waals surface area contributed by atoms with E-state index in [0.29, 0.717) is 65.1 Å². The first-order valence-corrected chi connectivity index (χ1v) is 11.8. The summed E-state index contributed by atoms with van der Waals surface area (Å²) in [5, 5.41) is 7.05. The number of anilines is 2. The molecular weight excluding hydrogens is 476 g/mol. The summed E-state index contributed by atoms with van der Waals surface area (Å²) in [6, 6.07) is 12.6.